The molecule has 0 aliphatic rings. The number of benzene rings is 1. The third-order valence-electron chi connectivity index (χ3n) is 2.95. The molecule has 5 nitrogen and oxygen atoms in total. The van der Waals surface area contributed by atoms with Crippen molar-refractivity contribution in [2.75, 3.05) is 13.7 Å². The average molecular weight is 268 g/mol. The maximum Gasteiger partial charge on any atom is 0.311 e. The Balaban J connectivity index is 2.94. The number of hydrogen-bond donors (Lipinski definition) is 2. The van der Waals surface area contributed by atoms with E-state index < -0.39 is 18.0 Å². The first-order valence-corrected chi connectivity index (χ1v) is 6.26. The SMILES string of the molecule is CCOC(=O)C(CC)C(O)c1ccc(OC)c(O)c1. The highest BCUT2D eigenvalue weighted by atomic mass is 16.5. The van der Waals surface area contributed by atoms with Crippen LogP contribution in [-0.2, 0) is 9.53 Å². The molecule has 0 spiro atoms. The molecule has 0 fully saturated rings. The van der Waals surface area contributed by atoms with Gasteiger partial charge in [-0.3, -0.25) is 4.79 Å². The Morgan fingerprint density at radius 1 is 1.37 bits per heavy atom. The summed E-state index contributed by atoms with van der Waals surface area (Å²) >= 11 is 0. The normalized spacial score (nSPS) is 13.7. The van der Waals surface area contributed by atoms with E-state index in [1.807, 2.05) is 0 Å². The van der Waals surface area contributed by atoms with Crippen molar-refractivity contribution < 1.29 is 24.5 Å². The minimum Gasteiger partial charge on any atom is -0.504 e. The zero-order valence-electron chi connectivity index (χ0n) is 11.4. The largest absolute Gasteiger partial charge is 0.504 e. The Morgan fingerprint density at radius 3 is 2.53 bits per heavy atom. The summed E-state index contributed by atoms with van der Waals surface area (Å²) in [7, 11) is 1.44. The molecule has 2 atom stereocenters. The first-order chi connectivity index (χ1) is 9.04. The number of phenols is 1. The Bertz CT molecular complexity index is 430. The highest BCUT2D eigenvalue weighted by molar-refractivity contribution is 5.73. The smallest absolute Gasteiger partial charge is 0.311 e. The van der Waals surface area contributed by atoms with Gasteiger partial charge in [0, 0.05) is 0 Å². The van der Waals surface area contributed by atoms with Crippen molar-refractivity contribution in [3.63, 3.8) is 0 Å². The first-order valence-electron chi connectivity index (χ1n) is 6.26. The van der Waals surface area contributed by atoms with E-state index in [4.69, 9.17) is 9.47 Å². The fourth-order valence-electron chi connectivity index (χ4n) is 1.89. The molecule has 1 aromatic carbocycles. The highest BCUT2D eigenvalue weighted by Gasteiger charge is 2.28. The maximum atomic E-state index is 11.7. The van der Waals surface area contributed by atoms with Crippen LogP contribution in [0, 0.1) is 5.92 Å². The van der Waals surface area contributed by atoms with Crippen LogP contribution in [0.5, 0.6) is 11.5 Å². The summed E-state index contributed by atoms with van der Waals surface area (Å²) in [6.45, 7) is 3.79. The van der Waals surface area contributed by atoms with E-state index in [1.165, 1.54) is 13.2 Å². The van der Waals surface area contributed by atoms with Crippen LogP contribution >= 0.6 is 0 Å². The third kappa shape index (κ3) is 3.61. The number of aliphatic hydroxyl groups is 1. The number of aliphatic hydroxyl groups excluding tert-OH is 1. The minimum absolute atomic E-state index is 0.0715. The van der Waals surface area contributed by atoms with Gasteiger partial charge in [0.15, 0.2) is 11.5 Å². The predicted octanol–water partition coefficient (Wildman–Crippen LogP) is 2.02. The van der Waals surface area contributed by atoms with Gasteiger partial charge in [0.05, 0.1) is 25.7 Å². The lowest BCUT2D eigenvalue weighted by Gasteiger charge is -2.20. The molecule has 0 bridgehead atoms. The molecule has 0 aliphatic carbocycles. The van der Waals surface area contributed by atoms with E-state index in [0.29, 0.717) is 17.7 Å². The maximum absolute atomic E-state index is 11.7. The molecular formula is C14H20O5. The number of phenolic OH excluding ortho intramolecular Hbond substituents is 1. The lowest BCUT2D eigenvalue weighted by atomic mass is 9.93. The average Bonchev–Trinajstić information content (AvgIpc) is 2.39. The number of esters is 1. The lowest BCUT2D eigenvalue weighted by molar-refractivity contribution is -0.152. The second kappa shape index (κ2) is 6.99. The molecule has 0 aliphatic heterocycles. The monoisotopic (exact) mass is 268 g/mol. The highest BCUT2D eigenvalue weighted by Crippen LogP contribution is 2.32. The van der Waals surface area contributed by atoms with Crippen molar-refractivity contribution in [2.24, 2.45) is 5.92 Å². The van der Waals surface area contributed by atoms with Gasteiger partial charge >= 0.3 is 5.97 Å². The third-order valence-corrected chi connectivity index (χ3v) is 2.95. The van der Waals surface area contributed by atoms with Gasteiger partial charge in [0.25, 0.3) is 0 Å². The molecule has 5 heteroatoms. The number of ether oxygens (including phenoxy) is 2. The summed E-state index contributed by atoms with van der Waals surface area (Å²) < 4.78 is 9.86. The molecule has 106 valence electrons. The van der Waals surface area contributed by atoms with Crippen LogP contribution in [0.4, 0.5) is 0 Å². The Hall–Kier alpha value is -1.75. The number of methoxy groups -OCH3 is 1. The molecule has 0 heterocycles. The standard InChI is InChI=1S/C14H20O5/c1-4-10(14(17)19-5-2)13(16)9-6-7-12(18-3)11(15)8-9/h6-8,10,13,15-16H,4-5H2,1-3H3. The summed E-state index contributed by atoms with van der Waals surface area (Å²) in [5.74, 6) is -0.835. The number of carbonyl (C=O) groups excluding carboxylic acids is 1. The molecule has 19 heavy (non-hydrogen) atoms. The Labute approximate surface area is 112 Å². The molecule has 0 aromatic heterocycles. The van der Waals surface area contributed by atoms with Crippen LogP contribution in [-0.4, -0.2) is 29.9 Å². The minimum atomic E-state index is -1.01. The number of carbonyl (C=O) groups is 1. The van der Waals surface area contributed by atoms with Crippen molar-refractivity contribution in [1.82, 2.24) is 0 Å². The lowest BCUT2D eigenvalue weighted by Crippen LogP contribution is -2.24. The summed E-state index contributed by atoms with van der Waals surface area (Å²) in [6.07, 6.45) is -0.562. The number of rotatable bonds is 6. The molecule has 2 N–H and O–H groups in total. The molecule has 1 rings (SSSR count). The van der Waals surface area contributed by atoms with Crippen molar-refractivity contribution in [3.8, 4) is 11.5 Å². The van der Waals surface area contributed by atoms with Crippen LogP contribution in [0.2, 0.25) is 0 Å². The van der Waals surface area contributed by atoms with Crippen molar-refractivity contribution in [1.29, 1.82) is 0 Å². The van der Waals surface area contributed by atoms with Gasteiger partial charge in [-0.15, -0.1) is 0 Å². The number of aromatic hydroxyl groups is 1. The topological polar surface area (TPSA) is 76.0 Å². The van der Waals surface area contributed by atoms with Crippen molar-refractivity contribution >= 4 is 5.97 Å². The summed E-state index contributed by atoms with van der Waals surface area (Å²) in [4.78, 5) is 11.7. The summed E-state index contributed by atoms with van der Waals surface area (Å²) in [6, 6.07) is 4.56. The fraction of sp³-hybridized carbons (Fsp3) is 0.500. The van der Waals surface area contributed by atoms with Crippen LogP contribution in [0.15, 0.2) is 18.2 Å². The molecule has 0 saturated heterocycles. The van der Waals surface area contributed by atoms with Crippen molar-refractivity contribution in [2.45, 2.75) is 26.4 Å². The van der Waals surface area contributed by atoms with E-state index in [1.54, 1.807) is 26.0 Å². The Morgan fingerprint density at radius 2 is 2.05 bits per heavy atom. The van der Waals surface area contributed by atoms with Gasteiger partial charge in [0.2, 0.25) is 0 Å². The second-order valence-electron chi connectivity index (χ2n) is 4.14. The quantitative estimate of drug-likeness (QED) is 0.772. The van der Waals surface area contributed by atoms with Crippen molar-refractivity contribution in [3.05, 3.63) is 23.8 Å². The zero-order valence-corrected chi connectivity index (χ0v) is 11.4. The zero-order chi connectivity index (χ0) is 14.4. The molecule has 1 aromatic rings. The molecule has 0 saturated carbocycles. The van der Waals surface area contributed by atoms with Crippen LogP contribution in [0.25, 0.3) is 0 Å². The number of hydrogen-bond acceptors (Lipinski definition) is 5. The van der Waals surface area contributed by atoms with Gasteiger partial charge in [0.1, 0.15) is 0 Å². The fourth-order valence-corrected chi connectivity index (χ4v) is 1.89. The van der Waals surface area contributed by atoms with E-state index in [9.17, 15) is 15.0 Å². The summed E-state index contributed by atoms with van der Waals surface area (Å²) in [5.41, 5.74) is 0.457. The van der Waals surface area contributed by atoms with Crippen LogP contribution in [0.1, 0.15) is 31.9 Å². The van der Waals surface area contributed by atoms with E-state index in [-0.39, 0.29) is 12.4 Å². The van der Waals surface area contributed by atoms with E-state index in [0.717, 1.165) is 0 Å². The van der Waals surface area contributed by atoms with Gasteiger partial charge in [-0.05, 0) is 31.0 Å². The van der Waals surface area contributed by atoms with Gasteiger partial charge in [-0.25, -0.2) is 0 Å². The second-order valence-corrected chi connectivity index (χ2v) is 4.14. The predicted molar refractivity (Wildman–Crippen MR) is 70.0 cm³/mol. The van der Waals surface area contributed by atoms with Crippen LogP contribution < -0.4 is 4.74 Å². The van der Waals surface area contributed by atoms with E-state index >= 15 is 0 Å². The van der Waals surface area contributed by atoms with Gasteiger partial charge < -0.3 is 19.7 Å². The van der Waals surface area contributed by atoms with Gasteiger partial charge in [-0.2, -0.15) is 0 Å². The Kier molecular flexibility index (Phi) is 5.63. The summed E-state index contributed by atoms with van der Waals surface area (Å²) in [5, 5.41) is 19.9. The molecule has 0 amide bonds. The van der Waals surface area contributed by atoms with Gasteiger partial charge in [-0.1, -0.05) is 13.0 Å². The first kappa shape index (κ1) is 15.3. The molecule has 0 radical (unpaired) electrons. The van der Waals surface area contributed by atoms with E-state index in [2.05, 4.69) is 0 Å². The molecular weight excluding hydrogens is 248 g/mol. The molecule has 2 unspecified atom stereocenters. The van der Waals surface area contributed by atoms with Crippen LogP contribution in [0.3, 0.4) is 0 Å².